The second-order valence-corrected chi connectivity index (χ2v) is 7.29. The summed E-state index contributed by atoms with van der Waals surface area (Å²) in [7, 11) is -3.47. The Labute approximate surface area is 121 Å². The van der Waals surface area contributed by atoms with Crippen LogP contribution in [-0.4, -0.2) is 45.1 Å². The SMILES string of the molecule is Cc1cc(S(=O)(=O)N2CCOC(CN)C2)ccc1Br. The maximum atomic E-state index is 12.5. The van der Waals surface area contributed by atoms with E-state index in [1.807, 2.05) is 6.92 Å². The molecule has 0 amide bonds. The van der Waals surface area contributed by atoms with Gasteiger partial charge in [0.2, 0.25) is 10.0 Å². The largest absolute Gasteiger partial charge is 0.374 e. The third-order valence-corrected chi connectivity index (χ3v) is 5.88. The molecule has 1 saturated heterocycles. The van der Waals surface area contributed by atoms with E-state index in [9.17, 15) is 8.42 Å². The van der Waals surface area contributed by atoms with Crippen molar-refractivity contribution in [2.45, 2.75) is 17.9 Å². The maximum Gasteiger partial charge on any atom is 0.243 e. The van der Waals surface area contributed by atoms with Crippen LogP contribution in [0.15, 0.2) is 27.6 Å². The van der Waals surface area contributed by atoms with Crippen LogP contribution in [0.3, 0.4) is 0 Å². The average Bonchev–Trinajstić information content (AvgIpc) is 2.41. The molecule has 7 heteroatoms. The Kier molecular flexibility index (Phi) is 4.62. The van der Waals surface area contributed by atoms with Gasteiger partial charge in [-0.3, -0.25) is 0 Å². The maximum absolute atomic E-state index is 12.5. The van der Waals surface area contributed by atoms with Crippen LogP contribution in [0.1, 0.15) is 5.56 Å². The lowest BCUT2D eigenvalue weighted by atomic mass is 10.2. The molecule has 0 spiro atoms. The van der Waals surface area contributed by atoms with Crippen LogP contribution in [-0.2, 0) is 14.8 Å². The van der Waals surface area contributed by atoms with E-state index in [0.717, 1.165) is 10.0 Å². The van der Waals surface area contributed by atoms with Gasteiger partial charge in [0.25, 0.3) is 0 Å². The van der Waals surface area contributed by atoms with Crippen LogP contribution in [0, 0.1) is 6.92 Å². The fraction of sp³-hybridized carbons (Fsp3) is 0.500. The molecule has 19 heavy (non-hydrogen) atoms. The quantitative estimate of drug-likeness (QED) is 0.887. The molecule has 1 heterocycles. The highest BCUT2D eigenvalue weighted by Gasteiger charge is 2.30. The van der Waals surface area contributed by atoms with Crippen LogP contribution in [0.2, 0.25) is 0 Å². The average molecular weight is 349 g/mol. The lowest BCUT2D eigenvalue weighted by Crippen LogP contribution is -2.48. The van der Waals surface area contributed by atoms with Crippen LogP contribution in [0.5, 0.6) is 0 Å². The van der Waals surface area contributed by atoms with Gasteiger partial charge in [0.15, 0.2) is 0 Å². The molecule has 2 N–H and O–H groups in total. The van der Waals surface area contributed by atoms with Crippen molar-refractivity contribution >= 4 is 26.0 Å². The summed E-state index contributed by atoms with van der Waals surface area (Å²) in [5, 5.41) is 0. The number of hydrogen-bond acceptors (Lipinski definition) is 4. The minimum absolute atomic E-state index is 0.222. The van der Waals surface area contributed by atoms with E-state index in [1.54, 1.807) is 18.2 Å². The summed E-state index contributed by atoms with van der Waals surface area (Å²) in [6, 6.07) is 5.04. The summed E-state index contributed by atoms with van der Waals surface area (Å²) in [6.07, 6.45) is -0.222. The molecule has 106 valence electrons. The van der Waals surface area contributed by atoms with Gasteiger partial charge >= 0.3 is 0 Å². The molecule has 1 aliphatic rings. The minimum Gasteiger partial charge on any atom is -0.374 e. The van der Waals surface area contributed by atoms with Gasteiger partial charge in [-0.25, -0.2) is 8.42 Å². The number of ether oxygens (including phenoxy) is 1. The van der Waals surface area contributed by atoms with Crippen LogP contribution in [0.25, 0.3) is 0 Å². The van der Waals surface area contributed by atoms with E-state index in [2.05, 4.69) is 15.9 Å². The van der Waals surface area contributed by atoms with Crippen LogP contribution in [0.4, 0.5) is 0 Å². The first-order valence-electron chi connectivity index (χ1n) is 6.03. The number of morpholine rings is 1. The van der Waals surface area contributed by atoms with Crippen molar-refractivity contribution in [2.24, 2.45) is 5.73 Å². The number of benzene rings is 1. The molecule has 1 atom stereocenters. The third-order valence-electron chi connectivity index (χ3n) is 3.13. The first kappa shape index (κ1) is 14.9. The lowest BCUT2D eigenvalue weighted by Gasteiger charge is -2.31. The Balaban J connectivity index is 2.28. The summed E-state index contributed by atoms with van der Waals surface area (Å²) in [6.45, 7) is 3.26. The summed E-state index contributed by atoms with van der Waals surface area (Å²) in [5.74, 6) is 0. The zero-order chi connectivity index (χ0) is 14.0. The molecule has 2 rings (SSSR count). The Bertz CT molecular complexity index is 562. The molecule has 1 aliphatic heterocycles. The zero-order valence-electron chi connectivity index (χ0n) is 10.7. The van der Waals surface area contributed by atoms with Crippen molar-refractivity contribution in [1.29, 1.82) is 0 Å². The van der Waals surface area contributed by atoms with Crippen molar-refractivity contribution in [3.63, 3.8) is 0 Å². The first-order chi connectivity index (χ1) is 8.95. The molecule has 1 unspecified atom stereocenters. The van der Waals surface area contributed by atoms with Gasteiger partial charge in [-0.2, -0.15) is 4.31 Å². The minimum atomic E-state index is -3.47. The molecular weight excluding hydrogens is 332 g/mol. The van der Waals surface area contributed by atoms with Crippen LogP contribution < -0.4 is 5.73 Å². The van der Waals surface area contributed by atoms with Gasteiger partial charge in [0.1, 0.15) is 0 Å². The monoisotopic (exact) mass is 348 g/mol. The molecule has 5 nitrogen and oxygen atoms in total. The second-order valence-electron chi connectivity index (χ2n) is 4.50. The van der Waals surface area contributed by atoms with Crippen molar-refractivity contribution in [1.82, 2.24) is 4.31 Å². The highest BCUT2D eigenvalue weighted by molar-refractivity contribution is 9.10. The Morgan fingerprint density at radius 3 is 2.89 bits per heavy atom. The number of aryl methyl sites for hydroxylation is 1. The number of nitrogens with zero attached hydrogens (tertiary/aromatic N) is 1. The van der Waals surface area contributed by atoms with Gasteiger partial charge in [-0.1, -0.05) is 15.9 Å². The molecule has 1 fully saturated rings. The fourth-order valence-corrected chi connectivity index (χ4v) is 3.77. The molecule has 0 saturated carbocycles. The molecular formula is C12H17BrN2O3S. The van der Waals surface area contributed by atoms with Gasteiger partial charge in [-0.15, -0.1) is 0 Å². The zero-order valence-corrected chi connectivity index (χ0v) is 13.1. The topological polar surface area (TPSA) is 72.6 Å². The number of rotatable bonds is 3. The van der Waals surface area contributed by atoms with E-state index in [0.29, 0.717) is 31.1 Å². The molecule has 0 aliphatic carbocycles. The molecule has 0 aromatic heterocycles. The summed E-state index contributed by atoms with van der Waals surface area (Å²) >= 11 is 3.37. The van der Waals surface area contributed by atoms with Gasteiger partial charge < -0.3 is 10.5 Å². The molecule has 1 aromatic rings. The molecule has 0 radical (unpaired) electrons. The van der Waals surface area contributed by atoms with E-state index >= 15 is 0 Å². The summed E-state index contributed by atoms with van der Waals surface area (Å²) in [4.78, 5) is 0.311. The summed E-state index contributed by atoms with van der Waals surface area (Å²) < 4.78 is 32.8. The Hall–Kier alpha value is -0.470. The lowest BCUT2D eigenvalue weighted by molar-refractivity contribution is 0.00450. The number of hydrogen-bond donors (Lipinski definition) is 1. The Morgan fingerprint density at radius 1 is 1.53 bits per heavy atom. The normalized spacial score (nSPS) is 21.5. The highest BCUT2D eigenvalue weighted by atomic mass is 79.9. The van der Waals surface area contributed by atoms with E-state index in [-0.39, 0.29) is 6.10 Å². The number of nitrogens with two attached hydrogens (primary N) is 1. The fourth-order valence-electron chi connectivity index (χ4n) is 1.98. The molecule has 0 bridgehead atoms. The standard InChI is InChI=1S/C12H17BrN2O3S/c1-9-6-11(2-3-12(9)13)19(16,17)15-4-5-18-10(7-14)8-15/h2-3,6,10H,4-5,7-8,14H2,1H3. The summed E-state index contributed by atoms with van der Waals surface area (Å²) in [5.41, 5.74) is 6.43. The van der Waals surface area contributed by atoms with E-state index in [4.69, 9.17) is 10.5 Å². The smallest absolute Gasteiger partial charge is 0.243 e. The first-order valence-corrected chi connectivity index (χ1v) is 8.26. The second kappa shape index (κ2) is 5.88. The number of halogens is 1. The van der Waals surface area contributed by atoms with Crippen molar-refractivity contribution in [3.05, 3.63) is 28.2 Å². The third kappa shape index (κ3) is 3.17. The van der Waals surface area contributed by atoms with Gasteiger partial charge in [0.05, 0.1) is 17.6 Å². The molecule has 1 aromatic carbocycles. The van der Waals surface area contributed by atoms with E-state index < -0.39 is 10.0 Å². The van der Waals surface area contributed by atoms with E-state index in [1.165, 1.54) is 4.31 Å². The van der Waals surface area contributed by atoms with Gasteiger partial charge in [0, 0.05) is 24.1 Å². The number of sulfonamides is 1. The predicted octanol–water partition coefficient (Wildman–Crippen LogP) is 1.11. The predicted molar refractivity (Wildman–Crippen MR) is 76.4 cm³/mol. The van der Waals surface area contributed by atoms with Crippen molar-refractivity contribution in [2.75, 3.05) is 26.2 Å². The van der Waals surface area contributed by atoms with Crippen molar-refractivity contribution in [3.8, 4) is 0 Å². The highest BCUT2D eigenvalue weighted by Crippen LogP contribution is 2.23. The van der Waals surface area contributed by atoms with Crippen molar-refractivity contribution < 1.29 is 13.2 Å². The Morgan fingerprint density at radius 2 is 2.26 bits per heavy atom. The van der Waals surface area contributed by atoms with Gasteiger partial charge in [-0.05, 0) is 30.7 Å². The van der Waals surface area contributed by atoms with Crippen LogP contribution >= 0.6 is 15.9 Å².